The molecule has 4 heteroatoms. The first-order chi connectivity index (χ1) is 9.63. The molecule has 0 amide bonds. The molecule has 0 bridgehead atoms. The number of nitrogens with zero attached hydrogens (tertiary/aromatic N) is 1. The third-order valence-electron chi connectivity index (χ3n) is 3.04. The van der Waals surface area contributed by atoms with Crippen LogP contribution in [0.2, 0.25) is 0 Å². The molecule has 0 spiro atoms. The van der Waals surface area contributed by atoms with E-state index in [4.69, 9.17) is 4.74 Å². The van der Waals surface area contributed by atoms with Crippen molar-refractivity contribution in [1.29, 1.82) is 5.26 Å². The van der Waals surface area contributed by atoms with E-state index in [1.807, 2.05) is 49.4 Å². The molecule has 2 aromatic rings. The van der Waals surface area contributed by atoms with Crippen molar-refractivity contribution in [1.82, 2.24) is 0 Å². The van der Waals surface area contributed by atoms with Gasteiger partial charge >= 0.3 is 0 Å². The fourth-order valence-corrected chi connectivity index (χ4v) is 2.25. The molecular weight excluding hydrogens is 316 g/mol. The second kappa shape index (κ2) is 6.44. The molecule has 0 heterocycles. The summed E-state index contributed by atoms with van der Waals surface area (Å²) in [5.74, 6) is 0.828. The molecular formula is C16H15BrN2O. The Morgan fingerprint density at radius 1 is 1.20 bits per heavy atom. The Morgan fingerprint density at radius 2 is 1.90 bits per heavy atom. The lowest BCUT2D eigenvalue weighted by Crippen LogP contribution is -2.08. The highest BCUT2D eigenvalue weighted by molar-refractivity contribution is 9.10. The molecule has 0 fully saturated rings. The van der Waals surface area contributed by atoms with Crippen LogP contribution >= 0.6 is 15.9 Å². The number of halogens is 1. The maximum absolute atomic E-state index is 9.36. The van der Waals surface area contributed by atoms with Crippen LogP contribution in [-0.4, -0.2) is 7.11 Å². The number of anilines is 1. The van der Waals surface area contributed by atoms with Gasteiger partial charge in [-0.25, -0.2) is 0 Å². The van der Waals surface area contributed by atoms with Crippen molar-refractivity contribution < 1.29 is 4.74 Å². The van der Waals surface area contributed by atoms with E-state index in [1.54, 1.807) is 7.11 Å². The maximum Gasteiger partial charge on any atom is 0.140 e. The van der Waals surface area contributed by atoms with Crippen LogP contribution in [0.3, 0.4) is 0 Å². The van der Waals surface area contributed by atoms with Crippen LogP contribution in [0.5, 0.6) is 5.75 Å². The lowest BCUT2D eigenvalue weighted by molar-refractivity contribution is 0.411. The molecule has 3 nitrogen and oxygen atoms in total. The van der Waals surface area contributed by atoms with E-state index < -0.39 is 0 Å². The highest BCUT2D eigenvalue weighted by Crippen LogP contribution is 2.25. The molecule has 0 saturated heterocycles. The number of aryl methyl sites for hydroxylation is 1. The lowest BCUT2D eigenvalue weighted by Gasteiger charge is -2.15. The number of rotatable bonds is 4. The molecule has 102 valence electrons. The lowest BCUT2D eigenvalue weighted by atomic mass is 10.0. The molecule has 1 atom stereocenters. The summed E-state index contributed by atoms with van der Waals surface area (Å²) in [5.41, 5.74) is 2.85. The van der Waals surface area contributed by atoms with Gasteiger partial charge in [-0.2, -0.15) is 5.26 Å². The quantitative estimate of drug-likeness (QED) is 0.901. The third-order valence-corrected chi connectivity index (χ3v) is 3.57. The third kappa shape index (κ3) is 3.31. The zero-order valence-corrected chi connectivity index (χ0v) is 12.9. The first kappa shape index (κ1) is 14.4. The normalized spacial score (nSPS) is 11.5. The summed E-state index contributed by atoms with van der Waals surface area (Å²) in [6, 6.07) is 15.4. The standard InChI is InChI=1S/C16H15BrN2O/c1-11-9-12(3-8-16(11)20-2)15(10-18)19-14-6-4-13(17)5-7-14/h3-9,15,19H,1-2H3. The SMILES string of the molecule is COc1ccc(C(C#N)Nc2ccc(Br)cc2)cc1C. The van der Waals surface area contributed by atoms with Gasteiger partial charge < -0.3 is 10.1 Å². The largest absolute Gasteiger partial charge is 0.496 e. The van der Waals surface area contributed by atoms with Crippen LogP contribution in [0, 0.1) is 18.3 Å². The monoisotopic (exact) mass is 330 g/mol. The van der Waals surface area contributed by atoms with Gasteiger partial charge in [-0.15, -0.1) is 0 Å². The predicted molar refractivity (Wildman–Crippen MR) is 83.8 cm³/mol. The van der Waals surface area contributed by atoms with Gasteiger partial charge in [-0.3, -0.25) is 0 Å². The Morgan fingerprint density at radius 3 is 2.45 bits per heavy atom. The van der Waals surface area contributed by atoms with E-state index in [-0.39, 0.29) is 6.04 Å². The Hall–Kier alpha value is -1.99. The van der Waals surface area contributed by atoms with Crippen LogP contribution in [0.4, 0.5) is 5.69 Å². The van der Waals surface area contributed by atoms with Gasteiger partial charge in [0.25, 0.3) is 0 Å². The fraction of sp³-hybridized carbons (Fsp3) is 0.188. The van der Waals surface area contributed by atoms with Crippen molar-refractivity contribution in [3.63, 3.8) is 0 Å². The minimum Gasteiger partial charge on any atom is -0.496 e. The van der Waals surface area contributed by atoms with Crippen LogP contribution < -0.4 is 10.1 Å². The summed E-state index contributed by atoms with van der Waals surface area (Å²) >= 11 is 3.39. The summed E-state index contributed by atoms with van der Waals surface area (Å²) in [5, 5.41) is 12.6. The molecule has 0 aromatic heterocycles. The van der Waals surface area contributed by atoms with Gasteiger partial charge in [0.15, 0.2) is 0 Å². The number of nitriles is 1. The maximum atomic E-state index is 9.36. The fourth-order valence-electron chi connectivity index (χ4n) is 1.98. The summed E-state index contributed by atoms with van der Waals surface area (Å²) in [4.78, 5) is 0. The molecule has 1 N–H and O–H groups in total. The summed E-state index contributed by atoms with van der Waals surface area (Å²) < 4.78 is 6.25. The minimum atomic E-state index is -0.388. The molecule has 1 unspecified atom stereocenters. The van der Waals surface area contributed by atoms with Gasteiger partial charge in [0.05, 0.1) is 13.2 Å². The average molecular weight is 331 g/mol. The highest BCUT2D eigenvalue weighted by Gasteiger charge is 2.11. The Balaban J connectivity index is 2.22. The van der Waals surface area contributed by atoms with Crippen LogP contribution in [0.15, 0.2) is 46.9 Å². The summed E-state index contributed by atoms with van der Waals surface area (Å²) in [6.45, 7) is 1.97. The first-order valence-corrected chi connectivity index (χ1v) is 6.99. The number of hydrogen-bond donors (Lipinski definition) is 1. The van der Waals surface area contributed by atoms with E-state index in [0.717, 1.165) is 27.0 Å². The zero-order valence-electron chi connectivity index (χ0n) is 11.4. The van der Waals surface area contributed by atoms with Crippen LogP contribution in [0.25, 0.3) is 0 Å². The smallest absolute Gasteiger partial charge is 0.140 e. The van der Waals surface area contributed by atoms with Crippen molar-refractivity contribution in [3.05, 3.63) is 58.1 Å². The molecule has 0 radical (unpaired) electrons. The van der Waals surface area contributed by atoms with Gasteiger partial charge in [0.1, 0.15) is 11.8 Å². The summed E-state index contributed by atoms with van der Waals surface area (Å²) in [6.07, 6.45) is 0. The number of benzene rings is 2. The zero-order chi connectivity index (χ0) is 14.5. The van der Waals surface area contributed by atoms with E-state index in [0.29, 0.717) is 0 Å². The molecule has 2 aromatic carbocycles. The van der Waals surface area contributed by atoms with Gasteiger partial charge in [0, 0.05) is 10.2 Å². The van der Waals surface area contributed by atoms with Crippen molar-refractivity contribution in [3.8, 4) is 11.8 Å². The Labute approximate surface area is 127 Å². The van der Waals surface area contributed by atoms with Gasteiger partial charge in [-0.05, 0) is 54.4 Å². The molecule has 0 saturated carbocycles. The Bertz CT molecular complexity index is 632. The van der Waals surface area contributed by atoms with E-state index in [1.165, 1.54) is 0 Å². The van der Waals surface area contributed by atoms with E-state index in [2.05, 4.69) is 27.3 Å². The number of hydrogen-bond acceptors (Lipinski definition) is 3. The molecule has 20 heavy (non-hydrogen) atoms. The number of methoxy groups -OCH3 is 1. The highest BCUT2D eigenvalue weighted by atomic mass is 79.9. The second-order valence-electron chi connectivity index (χ2n) is 4.44. The molecule has 2 rings (SSSR count). The number of nitrogens with one attached hydrogen (secondary N) is 1. The van der Waals surface area contributed by atoms with Crippen molar-refractivity contribution in [2.24, 2.45) is 0 Å². The van der Waals surface area contributed by atoms with Crippen molar-refractivity contribution >= 4 is 21.6 Å². The molecule has 0 aliphatic carbocycles. The predicted octanol–water partition coefficient (Wildman–Crippen LogP) is 4.44. The molecule has 0 aliphatic heterocycles. The van der Waals surface area contributed by atoms with Gasteiger partial charge in [0.2, 0.25) is 0 Å². The second-order valence-corrected chi connectivity index (χ2v) is 5.36. The van der Waals surface area contributed by atoms with Crippen LogP contribution in [0.1, 0.15) is 17.2 Å². The molecule has 0 aliphatic rings. The summed E-state index contributed by atoms with van der Waals surface area (Å²) in [7, 11) is 1.64. The first-order valence-electron chi connectivity index (χ1n) is 6.20. The van der Waals surface area contributed by atoms with Crippen molar-refractivity contribution in [2.75, 3.05) is 12.4 Å². The Kier molecular flexibility index (Phi) is 4.65. The number of ether oxygens (including phenoxy) is 1. The minimum absolute atomic E-state index is 0.388. The van der Waals surface area contributed by atoms with Crippen LogP contribution in [-0.2, 0) is 0 Å². The van der Waals surface area contributed by atoms with E-state index in [9.17, 15) is 5.26 Å². The topological polar surface area (TPSA) is 45.0 Å². The van der Waals surface area contributed by atoms with Gasteiger partial charge in [-0.1, -0.05) is 22.0 Å². The average Bonchev–Trinajstić information content (AvgIpc) is 2.46. The van der Waals surface area contributed by atoms with Crippen molar-refractivity contribution in [2.45, 2.75) is 13.0 Å². The van der Waals surface area contributed by atoms with E-state index >= 15 is 0 Å².